The van der Waals surface area contributed by atoms with E-state index in [2.05, 4.69) is 32.4 Å². The van der Waals surface area contributed by atoms with Gasteiger partial charge in [0.15, 0.2) is 5.69 Å². The van der Waals surface area contributed by atoms with Crippen molar-refractivity contribution >= 4 is 0 Å². The highest BCUT2D eigenvalue weighted by atomic mass is 19.1. The van der Waals surface area contributed by atoms with Crippen LogP contribution in [0.2, 0.25) is 0 Å². The Balaban J connectivity index is 1.65. The summed E-state index contributed by atoms with van der Waals surface area (Å²) in [5, 5.41) is 12.6. The number of aromatic nitrogens is 6. The number of hydrogen-bond donors (Lipinski definition) is 0. The molecule has 31 heavy (non-hydrogen) atoms. The number of pyridine rings is 1. The summed E-state index contributed by atoms with van der Waals surface area (Å²) < 4.78 is 21.5. The Bertz CT molecular complexity index is 1350. The standard InChI is InChI=1S/C23H17FN6O/c1-2-15-6-5-7-17(14-15)22-26-23(31-28-22)20-21(16-10-12-25-13-11-16)30(29-27-20)19-9-4-3-8-18(19)24/h3-14H,2H2,1H3. The molecule has 0 saturated heterocycles. The molecule has 7 nitrogen and oxygen atoms in total. The minimum Gasteiger partial charge on any atom is -0.332 e. The number of rotatable bonds is 5. The predicted octanol–water partition coefficient (Wildman–Crippen LogP) is 4.75. The van der Waals surface area contributed by atoms with Gasteiger partial charge >= 0.3 is 0 Å². The minimum atomic E-state index is -0.420. The van der Waals surface area contributed by atoms with Crippen LogP contribution in [0.3, 0.4) is 0 Å². The lowest BCUT2D eigenvalue weighted by molar-refractivity contribution is 0.431. The molecule has 0 amide bonds. The van der Waals surface area contributed by atoms with Crippen molar-refractivity contribution in [1.29, 1.82) is 0 Å². The predicted molar refractivity (Wildman–Crippen MR) is 113 cm³/mol. The third-order valence-electron chi connectivity index (χ3n) is 4.93. The van der Waals surface area contributed by atoms with Crippen LogP contribution < -0.4 is 0 Å². The van der Waals surface area contributed by atoms with E-state index >= 15 is 0 Å². The summed E-state index contributed by atoms with van der Waals surface area (Å²) in [5.74, 6) is 0.231. The molecule has 0 radical (unpaired) electrons. The van der Waals surface area contributed by atoms with Crippen LogP contribution in [-0.2, 0) is 6.42 Å². The van der Waals surface area contributed by atoms with Gasteiger partial charge in [0.25, 0.3) is 5.89 Å². The van der Waals surface area contributed by atoms with Crippen LogP contribution in [0.5, 0.6) is 0 Å². The van der Waals surface area contributed by atoms with Gasteiger partial charge in [-0.05, 0) is 42.3 Å². The Morgan fingerprint density at radius 2 is 1.81 bits per heavy atom. The van der Waals surface area contributed by atoms with E-state index in [1.807, 2.05) is 24.3 Å². The number of para-hydroxylation sites is 1. The highest BCUT2D eigenvalue weighted by Crippen LogP contribution is 2.32. The van der Waals surface area contributed by atoms with Crippen molar-refractivity contribution in [3.8, 4) is 39.9 Å². The van der Waals surface area contributed by atoms with Crippen LogP contribution in [0, 0.1) is 5.82 Å². The molecule has 152 valence electrons. The van der Waals surface area contributed by atoms with Crippen LogP contribution in [0.1, 0.15) is 12.5 Å². The smallest absolute Gasteiger partial charge is 0.281 e. The first-order valence-electron chi connectivity index (χ1n) is 9.79. The minimum absolute atomic E-state index is 0.200. The average molecular weight is 412 g/mol. The lowest BCUT2D eigenvalue weighted by atomic mass is 10.1. The van der Waals surface area contributed by atoms with Gasteiger partial charge in [-0.3, -0.25) is 4.98 Å². The first kappa shape index (κ1) is 18.8. The molecule has 5 aromatic rings. The molecule has 0 aliphatic carbocycles. The van der Waals surface area contributed by atoms with Gasteiger partial charge in [-0.2, -0.15) is 4.98 Å². The quantitative estimate of drug-likeness (QED) is 0.414. The Kier molecular flexibility index (Phi) is 4.80. The fourth-order valence-electron chi connectivity index (χ4n) is 3.35. The van der Waals surface area contributed by atoms with E-state index < -0.39 is 5.82 Å². The second kappa shape index (κ2) is 7.91. The summed E-state index contributed by atoms with van der Waals surface area (Å²) in [4.78, 5) is 8.60. The largest absolute Gasteiger partial charge is 0.332 e. The van der Waals surface area contributed by atoms with Crippen molar-refractivity contribution in [1.82, 2.24) is 30.1 Å². The first-order chi connectivity index (χ1) is 15.2. The summed E-state index contributed by atoms with van der Waals surface area (Å²) >= 11 is 0. The maximum Gasteiger partial charge on any atom is 0.281 e. The molecule has 8 heteroatoms. The highest BCUT2D eigenvalue weighted by Gasteiger charge is 2.24. The van der Waals surface area contributed by atoms with Crippen LogP contribution in [-0.4, -0.2) is 30.1 Å². The van der Waals surface area contributed by atoms with Gasteiger partial charge in [0.2, 0.25) is 5.82 Å². The summed E-state index contributed by atoms with van der Waals surface area (Å²) in [6.07, 6.45) is 4.20. The molecule has 0 unspecified atom stereocenters. The topological polar surface area (TPSA) is 82.5 Å². The van der Waals surface area contributed by atoms with Crippen LogP contribution in [0.4, 0.5) is 4.39 Å². The molecule has 3 heterocycles. The summed E-state index contributed by atoms with van der Waals surface area (Å²) in [6, 6.07) is 17.9. The van der Waals surface area contributed by atoms with E-state index in [9.17, 15) is 4.39 Å². The van der Waals surface area contributed by atoms with Gasteiger partial charge in [-0.15, -0.1) is 5.10 Å². The van der Waals surface area contributed by atoms with Crippen molar-refractivity contribution in [3.05, 3.63) is 84.4 Å². The van der Waals surface area contributed by atoms with E-state index in [4.69, 9.17) is 4.52 Å². The van der Waals surface area contributed by atoms with Crippen molar-refractivity contribution in [2.24, 2.45) is 0 Å². The molecule has 0 atom stereocenters. The number of benzene rings is 2. The Hall–Kier alpha value is -4.20. The Morgan fingerprint density at radius 1 is 0.968 bits per heavy atom. The van der Waals surface area contributed by atoms with Gasteiger partial charge in [-0.1, -0.05) is 47.6 Å². The molecular formula is C23H17FN6O. The van der Waals surface area contributed by atoms with E-state index in [-0.39, 0.29) is 11.6 Å². The molecule has 0 aliphatic rings. The lowest BCUT2D eigenvalue weighted by Crippen LogP contribution is -2.02. The Labute approximate surface area is 177 Å². The zero-order valence-corrected chi connectivity index (χ0v) is 16.6. The fraction of sp³-hybridized carbons (Fsp3) is 0.0870. The fourth-order valence-corrected chi connectivity index (χ4v) is 3.35. The molecule has 0 aliphatic heterocycles. The second-order valence-electron chi connectivity index (χ2n) is 6.86. The maximum absolute atomic E-state index is 14.5. The molecule has 3 aromatic heterocycles. The third kappa shape index (κ3) is 3.48. The monoisotopic (exact) mass is 412 g/mol. The summed E-state index contributed by atoms with van der Waals surface area (Å²) in [6.45, 7) is 2.09. The number of halogens is 1. The molecule has 5 rings (SSSR count). The van der Waals surface area contributed by atoms with Gasteiger partial charge in [-0.25, -0.2) is 9.07 Å². The number of hydrogen-bond acceptors (Lipinski definition) is 6. The summed E-state index contributed by atoms with van der Waals surface area (Å²) in [7, 11) is 0. The second-order valence-corrected chi connectivity index (χ2v) is 6.86. The van der Waals surface area contributed by atoms with Crippen molar-refractivity contribution < 1.29 is 8.91 Å². The maximum atomic E-state index is 14.5. The molecule has 0 N–H and O–H groups in total. The molecule has 0 spiro atoms. The zero-order chi connectivity index (χ0) is 21.2. The van der Waals surface area contributed by atoms with Crippen molar-refractivity contribution in [2.45, 2.75) is 13.3 Å². The van der Waals surface area contributed by atoms with E-state index in [0.717, 1.165) is 17.5 Å². The van der Waals surface area contributed by atoms with E-state index in [1.165, 1.54) is 16.3 Å². The van der Waals surface area contributed by atoms with Gasteiger partial charge in [0.1, 0.15) is 17.2 Å². The molecule has 0 saturated carbocycles. The number of aryl methyl sites for hydroxylation is 1. The van der Waals surface area contributed by atoms with Gasteiger partial charge in [0, 0.05) is 23.5 Å². The SMILES string of the molecule is CCc1cccc(-c2noc(-c3nnn(-c4ccccc4F)c3-c3ccncc3)n2)c1. The van der Waals surface area contributed by atoms with Crippen molar-refractivity contribution in [2.75, 3.05) is 0 Å². The van der Waals surface area contributed by atoms with Crippen LogP contribution in [0.25, 0.3) is 39.9 Å². The van der Waals surface area contributed by atoms with Crippen LogP contribution >= 0.6 is 0 Å². The summed E-state index contributed by atoms with van der Waals surface area (Å²) in [5.41, 5.74) is 3.92. The van der Waals surface area contributed by atoms with E-state index in [0.29, 0.717) is 17.2 Å². The number of nitrogens with zero attached hydrogens (tertiary/aromatic N) is 6. The zero-order valence-electron chi connectivity index (χ0n) is 16.6. The van der Waals surface area contributed by atoms with Crippen LogP contribution in [0.15, 0.2) is 77.6 Å². The van der Waals surface area contributed by atoms with Crippen molar-refractivity contribution in [3.63, 3.8) is 0 Å². The first-order valence-corrected chi connectivity index (χ1v) is 9.79. The third-order valence-corrected chi connectivity index (χ3v) is 4.93. The normalized spacial score (nSPS) is 11.0. The van der Waals surface area contributed by atoms with Gasteiger partial charge in [0.05, 0.1) is 0 Å². The van der Waals surface area contributed by atoms with E-state index in [1.54, 1.807) is 42.7 Å². The molecule has 2 aromatic carbocycles. The Morgan fingerprint density at radius 3 is 2.61 bits per heavy atom. The molecule has 0 bridgehead atoms. The molecule has 0 fully saturated rings. The lowest BCUT2D eigenvalue weighted by Gasteiger charge is -2.08. The average Bonchev–Trinajstić information content (AvgIpc) is 3.47. The highest BCUT2D eigenvalue weighted by molar-refractivity contribution is 5.76. The van der Waals surface area contributed by atoms with Gasteiger partial charge < -0.3 is 4.52 Å². The molecular weight excluding hydrogens is 395 g/mol.